The summed E-state index contributed by atoms with van der Waals surface area (Å²) in [6.07, 6.45) is 0.153. The van der Waals surface area contributed by atoms with Crippen LogP contribution in [-0.2, 0) is 15.9 Å². The summed E-state index contributed by atoms with van der Waals surface area (Å²) in [5, 5.41) is 7.28. The first-order valence-electron chi connectivity index (χ1n) is 12.7. The van der Waals surface area contributed by atoms with Crippen molar-refractivity contribution in [3.8, 4) is 11.5 Å². The lowest BCUT2D eigenvalue weighted by Crippen LogP contribution is -2.34. The molecule has 0 unspecified atom stereocenters. The van der Waals surface area contributed by atoms with Gasteiger partial charge in [-0.2, -0.15) is 0 Å². The molecule has 0 radical (unpaired) electrons. The molecule has 0 spiro atoms. The zero-order valence-electron chi connectivity index (χ0n) is 22.0. The van der Waals surface area contributed by atoms with Crippen LogP contribution in [0.1, 0.15) is 38.8 Å². The Morgan fingerprint density at radius 1 is 0.784 bits per heavy atom. The number of rotatable bonds is 10. The topological polar surface area (TPSA) is 66.0 Å². The summed E-state index contributed by atoms with van der Waals surface area (Å²) in [5.74, 6) is 1.56. The normalized spacial score (nSPS) is 11.5. The van der Waals surface area contributed by atoms with Gasteiger partial charge in [-0.3, -0.25) is 0 Å². The molecule has 37 heavy (non-hydrogen) atoms. The predicted molar refractivity (Wildman–Crippen MR) is 148 cm³/mol. The highest BCUT2D eigenvalue weighted by molar-refractivity contribution is 5.91. The molecule has 0 atom stereocenters. The third-order valence-corrected chi connectivity index (χ3v) is 5.88. The average molecular weight is 502 g/mol. The molecule has 194 valence electrons. The van der Waals surface area contributed by atoms with Crippen LogP contribution < -0.4 is 14.8 Å². The van der Waals surface area contributed by atoms with Crippen molar-refractivity contribution < 1.29 is 23.7 Å². The van der Waals surface area contributed by atoms with E-state index in [2.05, 4.69) is 41.7 Å². The molecule has 1 N–H and O–H groups in total. The predicted octanol–water partition coefficient (Wildman–Crippen LogP) is 6.86. The van der Waals surface area contributed by atoms with Crippen LogP contribution in [0.5, 0.6) is 11.5 Å². The lowest BCUT2D eigenvalue weighted by molar-refractivity contribution is 0.0220. The van der Waals surface area contributed by atoms with Gasteiger partial charge in [0.15, 0.2) is 6.79 Å². The van der Waals surface area contributed by atoms with Crippen molar-refractivity contribution in [2.24, 2.45) is 0 Å². The van der Waals surface area contributed by atoms with Crippen molar-refractivity contribution in [2.45, 2.75) is 39.7 Å². The number of carbonyl (C=O) groups excluding carboxylic acids is 1. The van der Waals surface area contributed by atoms with Crippen molar-refractivity contribution in [3.05, 3.63) is 83.9 Å². The minimum atomic E-state index is -0.545. The van der Waals surface area contributed by atoms with E-state index in [1.165, 1.54) is 0 Å². The van der Waals surface area contributed by atoms with Gasteiger partial charge in [0.1, 0.15) is 23.7 Å². The van der Waals surface area contributed by atoms with Crippen LogP contribution in [0.2, 0.25) is 0 Å². The number of benzene rings is 4. The molecule has 4 aromatic carbocycles. The maximum atomic E-state index is 12.0. The first kappa shape index (κ1) is 26.3. The Bertz CT molecular complexity index is 1360. The van der Waals surface area contributed by atoms with E-state index >= 15 is 0 Å². The van der Waals surface area contributed by atoms with Crippen LogP contribution in [0.3, 0.4) is 0 Å². The molecule has 0 heterocycles. The van der Waals surface area contributed by atoms with Gasteiger partial charge in [0.2, 0.25) is 0 Å². The second kappa shape index (κ2) is 12.0. The van der Waals surface area contributed by atoms with E-state index in [0.717, 1.165) is 44.2 Å². The van der Waals surface area contributed by atoms with E-state index in [1.54, 1.807) is 0 Å². The Kier molecular flexibility index (Phi) is 8.51. The molecule has 1 amide bonds. The smallest absolute Gasteiger partial charge is 0.407 e. The van der Waals surface area contributed by atoms with Gasteiger partial charge in [-0.05, 0) is 61.4 Å². The van der Waals surface area contributed by atoms with Gasteiger partial charge in [-0.15, -0.1) is 0 Å². The zero-order valence-corrected chi connectivity index (χ0v) is 22.0. The maximum Gasteiger partial charge on any atom is 0.407 e. The molecule has 6 nitrogen and oxygen atoms in total. The van der Waals surface area contributed by atoms with Gasteiger partial charge in [0, 0.05) is 24.2 Å². The zero-order chi connectivity index (χ0) is 26.3. The minimum absolute atomic E-state index is 0.192. The van der Waals surface area contributed by atoms with E-state index in [4.69, 9.17) is 18.9 Å². The van der Waals surface area contributed by atoms with Gasteiger partial charge in [-0.1, -0.05) is 60.7 Å². The Balaban J connectivity index is 1.64. The third kappa shape index (κ3) is 6.92. The van der Waals surface area contributed by atoms with Crippen molar-refractivity contribution in [2.75, 3.05) is 26.6 Å². The maximum absolute atomic E-state index is 12.0. The van der Waals surface area contributed by atoms with Gasteiger partial charge in [0.05, 0.1) is 6.54 Å². The third-order valence-electron chi connectivity index (χ3n) is 5.88. The first-order valence-corrected chi connectivity index (χ1v) is 12.7. The largest absolute Gasteiger partial charge is 0.491 e. The Morgan fingerprint density at radius 2 is 1.35 bits per heavy atom. The Labute approximate surface area is 218 Å². The molecule has 0 aliphatic rings. The molecule has 4 rings (SSSR count). The molecular formula is C31H35NO5. The molecule has 6 heteroatoms. The molecule has 0 fully saturated rings. The highest BCUT2D eigenvalue weighted by atomic mass is 16.7. The summed E-state index contributed by atoms with van der Waals surface area (Å²) in [5.41, 5.74) is 1.59. The standard InChI is InChI=1S/C31H35NO5/c1-5-34-21-36-29-17-15-23-11-7-9-13-25(23)27(29)20-26-24-12-8-6-10-22(24)14-16-28(26)35-19-18-32-30(33)37-31(2,3)4/h6-17H,5,18-21H2,1-4H3,(H,32,33). The summed E-state index contributed by atoms with van der Waals surface area (Å²) in [6, 6.07) is 24.7. The molecule has 0 aliphatic carbocycles. The quantitative estimate of drug-likeness (QED) is 0.190. The van der Waals surface area contributed by atoms with Crippen molar-refractivity contribution in [1.29, 1.82) is 0 Å². The number of amides is 1. The van der Waals surface area contributed by atoms with E-state index < -0.39 is 11.7 Å². The number of ether oxygens (including phenoxy) is 4. The van der Waals surface area contributed by atoms with Crippen molar-refractivity contribution >= 4 is 27.6 Å². The highest BCUT2D eigenvalue weighted by Gasteiger charge is 2.17. The lowest BCUT2D eigenvalue weighted by atomic mass is 9.93. The molecule has 0 bridgehead atoms. The van der Waals surface area contributed by atoms with Crippen LogP contribution in [-0.4, -0.2) is 38.2 Å². The fourth-order valence-corrected chi connectivity index (χ4v) is 4.26. The fraction of sp³-hybridized carbons (Fsp3) is 0.323. The number of fused-ring (bicyclic) bond motifs is 2. The first-order chi connectivity index (χ1) is 17.9. The van der Waals surface area contributed by atoms with Gasteiger partial charge in [0.25, 0.3) is 0 Å². The lowest BCUT2D eigenvalue weighted by Gasteiger charge is -2.20. The van der Waals surface area contributed by atoms with Crippen LogP contribution in [0.15, 0.2) is 72.8 Å². The summed E-state index contributed by atoms with van der Waals surface area (Å²) in [7, 11) is 0. The van der Waals surface area contributed by atoms with Crippen LogP contribution in [0, 0.1) is 0 Å². The Hall–Kier alpha value is -3.77. The van der Waals surface area contributed by atoms with E-state index in [0.29, 0.717) is 26.2 Å². The summed E-state index contributed by atoms with van der Waals surface area (Å²) in [6.45, 7) is 8.88. The van der Waals surface area contributed by atoms with Crippen molar-refractivity contribution in [3.63, 3.8) is 0 Å². The Morgan fingerprint density at radius 3 is 1.92 bits per heavy atom. The second-order valence-corrected chi connectivity index (χ2v) is 9.74. The number of hydrogen-bond donors (Lipinski definition) is 1. The van der Waals surface area contributed by atoms with Crippen LogP contribution in [0.4, 0.5) is 4.79 Å². The number of hydrogen-bond acceptors (Lipinski definition) is 5. The van der Waals surface area contributed by atoms with Gasteiger partial charge in [-0.25, -0.2) is 4.79 Å². The molecule has 0 saturated heterocycles. The van der Waals surface area contributed by atoms with E-state index in [9.17, 15) is 4.79 Å². The van der Waals surface area contributed by atoms with Crippen LogP contribution in [0.25, 0.3) is 21.5 Å². The molecular weight excluding hydrogens is 466 g/mol. The molecule has 0 aliphatic heterocycles. The highest BCUT2D eigenvalue weighted by Crippen LogP contribution is 2.36. The van der Waals surface area contributed by atoms with Crippen molar-refractivity contribution in [1.82, 2.24) is 5.32 Å². The summed E-state index contributed by atoms with van der Waals surface area (Å²) < 4.78 is 23.0. The summed E-state index contributed by atoms with van der Waals surface area (Å²) in [4.78, 5) is 12.0. The van der Waals surface area contributed by atoms with E-state index in [-0.39, 0.29) is 6.79 Å². The number of alkyl carbamates (subject to hydrolysis) is 1. The molecule has 4 aromatic rings. The summed E-state index contributed by atoms with van der Waals surface area (Å²) >= 11 is 0. The minimum Gasteiger partial charge on any atom is -0.491 e. The second-order valence-electron chi connectivity index (χ2n) is 9.74. The monoisotopic (exact) mass is 501 g/mol. The SMILES string of the molecule is CCOCOc1ccc2ccccc2c1Cc1c(OCCNC(=O)OC(C)(C)C)ccc2ccccc12. The van der Waals surface area contributed by atoms with Gasteiger partial charge >= 0.3 is 6.09 Å². The number of nitrogens with one attached hydrogen (secondary N) is 1. The molecule has 0 aromatic heterocycles. The average Bonchev–Trinajstić information content (AvgIpc) is 2.87. The van der Waals surface area contributed by atoms with E-state index in [1.807, 2.05) is 64.1 Å². The number of carbonyl (C=O) groups is 1. The van der Waals surface area contributed by atoms with Crippen LogP contribution >= 0.6 is 0 Å². The molecule has 0 saturated carbocycles. The van der Waals surface area contributed by atoms with Gasteiger partial charge < -0.3 is 24.3 Å². The fourth-order valence-electron chi connectivity index (χ4n) is 4.26.